The van der Waals surface area contributed by atoms with Crippen LogP contribution < -0.4 is 0 Å². The Morgan fingerprint density at radius 2 is 2.31 bits per heavy atom. The van der Waals surface area contributed by atoms with Gasteiger partial charge in [-0.15, -0.1) is 0 Å². The third-order valence-electron chi connectivity index (χ3n) is 2.40. The number of aliphatic hydroxyl groups excluding tert-OH is 1. The van der Waals surface area contributed by atoms with E-state index in [1.165, 1.54) is 7.11 Å². The summed E-state index contributed by atoms with van der Waals surface area (Å²) in [6.45, 7) is 0. The number of halogens is 1. The fourth-order valence-corrected chi connectivity index (χ4v) is 2.21. The van der Waals surface area contributed by atoms with Gasteiger partial charge >= 0.3 is 5.97 Å². The van der Waals surface area contributed by atoms with Crippen LogP contribution in [-0.2, 0) is 9.53 Å². The summed E-state index contributed by atoms with van der Waals surface area (Å²) in [6, 6.07) is 5.59. The average molecular weight is 284 g/mol. The van der Waals surface area contributed by atoms with Gasteiger partial charge in [-0.1, -0.05) is 22.0 Å². The number of benzene rings is 1. The number of H-pyrrole nitrogens is 1. The Bertz CT molecular complexity index is 535. The van der Waals surface area contributed by atoms with Crippen LogP contribution in [0, 0.1) is 0 Å². The number of aliphatic hydroxyl groups is 1. The van der Waals surface area contributed by atoms with E-state index >= 15 is 0 Å². The Hall–Kier alpha value is -1.33. The minimum atomic E-state index is -1.27. The largest absolute Gasteiger partial charge is 0.467 e. The quantitative estimate of drug-likeness (QED) is 0.830. The van der Waals surface area contributed by atoms with Crippen LogP contribution in [0.3, 0.4) is 0 Å². The highest BCUT2D eigenvalue weighted by molar-refractivity contribution is 9.10. The van der Waals surface area contributed by atoms with Gasteiger partial charge in [0.2, 0.25) is 0 Å². The lowest BCUT2D eigenvalue weighted by molar-refractivity contribution is -0.150. The first-order valence-electron chi connectivity index (χ1n) is 4.66. The molecule has 4 nitrogen and oxygen atoms in total. The van der Waals surface area contributed by atoms with E-state index in [0.29, 0.717) is 5.56 Å². The number of aromatic amines is 1. The van der Waals surface area contributed by atoms with Crippen LogP contribution in [-0.4, -0.2) is 23.2 Å². The second-order valence-electron chi connectivity index (χ2n) is 3.33. The number of ether oxygens (including phenoxy) is 1. The fourth-order valence-electron chi connectivity index (χ4n) is 1.62. The Morgan fingerprint density at radius 3 is 3.00 bits per heavy atom. The maximum Gasteiger partial charge on any atom is 0.339 e. The summed E-state index contributed by atoms with van der Waals surface area (Å²) in [5, 5.41) is 10.6. The zero-order valence-electron chi connectivity index (χ0n) is 8.53. The summed E-state index contributed by atoms with van der Waals surface area (Å²) >= 11 is 3.38. The van der Waals surface area contributed by atoms with Crippen molar-refractivity contribution in [3.8, 4) is 0 Å². The molecule has 1 heterocycles. The maximum absolute atomic E-state index is 11.3. The number of rotatable bonds is 2. The second kappa shape index (κ2) is 4.27. The Balaban J connectivity index is 2.57. The molecule has 0 aliphatic carbocycles. The molecule has 16 heavy (non-hydrogen) atoms. The predicted molar refractivity (Wildman–Crippen MR) is 63.0 cm³/mol. The molecule has 1 atom stereocenters. The molecule has 0 amide bonds. The van der Waals surface area contributed by atoms with Crippen LogP contribution in [0.15, 0.2) is 28.9 Å². The van der Waals surface area contributed by atoms with Crippen LogP contribution in [0.4, 0.5) is 0 Å². The Morgan fingerprint density at radius 1 is 1.56 bits per heavy atom. The average Bonchev–Trinajstić information content (AvgIpc) is 2.72. The smallest absolute Gasteiger partial charge is 0.339 e. The van der Waals surface area contributed by atoms with E-state index in [1.807, 2.05) is 18.2 Å². The number of esters is 1. The minimum Gasteiger partial charge on any atom is -0.467 e. The highest BCUT2D eigenvalue weighted by Crippen LogP contribution is 2.30. The van der Waals surface area contributed by atoms with E-state index in [1.54, 1.807) is 6.20 Å². The number of hydrogen-bond donors (Lipinski definition) is 2. The highest BCUT2D eigenvalue weighted by atomic mass is 79.9. The zero-order valence-corrected chi connectivity index (χ0v) is 10.1. The summed E-state index contributed by atoms with van der Waals surface area (Å²) in [7, 11) is 1.25. The molecule has 0 aliphatic rings. The third kappa shape index (κ3) is 1.72. The number of carbonyl (C=O) groups excluding carboxylic acids is 1. The molecule has 0 spiro atoms. The van der Waals surface area contributed by atoms with Crippen molar-refractivity contribution in [2.24, 2.45) is 0 Å². The molecule has 0 radical (unpaired) electrons. The molecule has 2 rings (SSSR count). The number of hydrogen-bond acceptors (Lipinski definition) is 3. The fraction of sp³-hybridized carbons (Fsp3) is 0.182. The van der Waals surface area contributed by atoms with Gasteiger partial charge in [0, 0.05) is 27.1 Å². The monoisotopic (exact) mass is 283 g/mol. The molecule has 5 heteroatoms. The van der Waals surface area contributed by atoms with E-state index in [9.17, 15) is 9.90 Å². The molecule has 0 bridgehead atoms. The summed E-state index contributed by atoms with van der Waals surface area (Å²) in [4.78, 5) is 14.3. The van der Waals surface area contributed by atoms with E-state index in [-0.39, 0.29) is 0 Å². The molecule has 2 aromatic rings. The first-order chi connectivity index (χ1) is 7.65. The molecule has 2 N–H and O–H groups in total. The van der Waals surface area contributed by atoms with Crippen molar-refractivity contribution in [2.75, 3.05) is 7.11 Å². The van der Waals surface area contributed by atoms with Gasteiger partial charge in [-0.05, 0) is 12.1 Å². The van der Waals surface area contributed by atoms with E-state index in [4.69, 9.17) is 0 Å². The summed E-state index contributed by atoms with van der Waals surface area (Å²) in [6.07, 6.45) is 0.342. The van der Waals surface area contributed by atoms with Crippen LogP contribution in [0.2, 0.25) is 0 Å². The van der Waals surface area contributed by atoms with Gasteiger partial charge in [-0.3, -0.25) is 0 Å². The number of fused-ring (bicyclic) bond motifs is 1. The Kier molecular flexibility index (Phi) is 2.98. The third-order valence-corrected chi connectivity index (χ3v) is 3.07. The molecule has 0 saturated carbocycles. The molecule has 1 aromatic carbocycles. The normalized spacial score (nSPS) is 12.7. The van der Waals surface area contributed by atoms with Gasteiger partial charge in [0.25, 0.3) is 0 Å². The summed E-state index contributed by atoms with van der Waals surface area (Å²) in [5.74, 6) is -0.670. The number of nitrogens with one attached hydrogen (secondary N) is 1. The lowest BCUT2D eigenvalue weighted by Crippen LogP contribution is -2.13. The van der Waals surface area contributed by atoms with Gasteiger partial charge in [-0.25, -0.2) is 4.79 Å². The molecular formula is C11H10BrNO3. The van der Waals surface area contributed by atoms with Crippen LogP contribution in [0.5, 0.6) is 0 Å². The van der Waals surface area contributed by atoms with Crippen LogP contribution in [0.25, 0.3) is 10.9 Å². The number of carbonyl (C=O) groups is 1. The van der Waals surface area contributed by atoms with Crippen LogP contribution in [0.1, 0.15) is 11.7 Å². The van der Waals surface area contributed by atoms with Gasteiger partial charge in [0.05, 0.1) is 7.11 Å². The number of methoxy groups -OCH3 is 1. The van der Waals surface area contributed by atoms with Gasteiger partial charge in [0.15, 0.2) is 6.10 Å². The van der Waals surface area contributed by atoms with Crippen molar-refractivity contribution in [1.82, 2.24) is 4.98 Å². The second-order valence-corrected chi connectivity index (χ2v) is 4.19. The SMILES string of the molecule is COC(=O)C(O)c1c[nH]c2cccc(Br)c12. The van der Waals surface area contributed by atoms with Gasteiger partial charge in [0.1, 0.15) is 0 Å². The van der Waals surface area contributed by atoms with Crippen molar-refractivity contribution in [2.45, 2.75) is 6.10 Å². The van der Waals surface area contributed by atoms with Gasteiger partial charge in [-0.2, -0.15) is 0 Å². The lowest BCUT2D eigenvalue weighted by atomic mass is 10.1. The standard InChI is InChI=1S/C11H10BrNO3/c1-16-11(15)10(14)6-5-13-8-4-2-3-7(12)9(6)8/h2-5,10,13-14H,1H3. The number of aromatic nitrogens is 1. The lowest BCUT2D eigenvalue weighted by Gasteiger charge is -2.07. The summed E-state index contributed by atoms with van der Waals surface area (Å²) in [5.41, 5.74) is 1.36. The molecule has 84 valence electrons. The Labute approximate surface area is 100 Å². The maximum atomic E-state index is 11.3. The van der Waals surface area contributed by atoms with Crippen molar-refractivity contribution in [3.63, 3.8) is 0 Å². The molecule has 0 saturated heterocycles. The molecule has 0 fully saturated rings. The first-order valence-corrected chi connectivity index (χ1v) is 5.46. The first kappa shape index (κ1) is 11.2. The molecular weight excluding hydrogens is 274 g/mol. The van der Waals surface area contributed by atoms with E-state index in [0.717, 1.165) is 15.4 Å². The van der Waals surface area contributed by atoms with Gasteiger partial charge < -0.3 is 14.8 Å². The zero-order chi connectivity index (χ0) is 11.7. The minimum absolute atomic E-state index is 0.509. The predicted octanol–water partition coefficient (Wildman–Crippen LogP) is 2.14. The van der Waals surface area contributed by atoms with Crippen molar-refractivity contribution in [3.05, 3.63) is 34.4 Å². The topological polar surface area (TPSA) is 62.3 Å². The van der Waals surface area contributed by atoms with Crippen molar-refractivity contribution in [1.29, 1.82) is 0 Å². The molecule has 0 aliphatic heterocycles. The molecule has 1 aromatic heterocycles. The van der Waals surface area contributed by atoms with E-state index in [2.05, 4.69) is 25.7 Å². The van der Waals surface area contributed by atoms with Crippen molar-refractivity contribution < 1.29 is 14.6 Å². The highest BCUT2D eigenvalue weighted by Gasteiger charge is 2.22. The molecule has 1 unspecified atom stereocenters. The van der Waals surface area contributed by atoms with Crippen molar-refractivity contribution >= 4 is 32.8 Å². The van der Waals surface area contributed by atoms with Crippen LogP contribution >= 0.6 is 15.9 Å². The summed E-state index contributed by atoms with van der Waals surface area (Å²) < 4.78 is 5.33. The van der Waals surface area contributed by atoms with E-state index < -0.39 is 12.1 Å².